The van der Waals surface area contributed by atoms with Crippen LogP contribution < -0.4 is 0 Å². The zero-order valence-electron chi connectivity index (χ0n) is 12.9. The summed E-state index contributed by atoms with van der Waals surface area (Å²) in [6.45, 7) is 4.00. The third-order valence-corrected chi connectivity index (χ3v) is 5.98. The van der Waals surface area contributed by atoms with E-state index in [1.54, 1.807) is 0 Å². The van der Waals surface area contributed by atoms with Gasteiger partial charge in [0.15, 0.2) is 0 Å². The monoisotopic (exact) mass is 293 g/mol. The number of pyridine rings is 1. The van der Waals surface area contributed by atoms with Gasteiger partial charge in [-0.2, -0.15) is 0 Å². The van der Waals surface area contributed by atoms with Crippen LogP contribution in [0.25, 0.3) is 10.9 Å². The van der Waals surface area contributed by atoms with E-state index in [0.29, 0.717) is 17.8 Å². The zero-order chi connectivity index (χ0) is 15.1. The molecule has 114 valence electrons. The normalized spacial score (nSPS) is 32.0. The summed E-state index contributed by atoms with van der Waals surface area (Å²) in [5.74, 6) is 2.40. The van der Waals surface area contributed by atoms with Gasteiger partial charge in [0.05, 0.1) is 11.6 Å². The van der Waals surface area contributed by atoms with E-state index in [2.05, 4.69) is 23.7 Å². The Balaban J connectivity index is 1.67. The van der Waals surface area contributed by atoms with Crippen LogP contribution >= 0.6 is 0 Å². The molecule has 2 nitrogen and oxygen atoms in total. The number of allylic oxidation sites excluding steroid dienone is 1. The van der Waals surface area contributed by atoms with Gasteiger partial charge in [-0.1, -0.05) is 24.3 Å². The van der Waals surface area contributed by atoms with E-state index < -0.39 is 0 Å². The zero-order valence-corrected chi connectivity index (χ0v) is 12.9. The van der Waals surface area contributed by atoms with Gasteiger partial charge in [-0.05, 0) is 67.1 Å². The molecule has 1 heterocycles. The number of benzene rings is 1. The summed E-state index contributed by atoms with van der Waals surface area (Å²) in [6.07, 6.45) is 8.52. The molecule has 0 spiro atoms. The fourth-order valence-electron chi connectivity index (χ4n) is 4.81. The van der Waals surface area contributed by atoms with Gasteiger partial charge in [0.25, 0.3) is 0 Å². The van der Waals surface area contributed by atoms with Crippen molar-refractivity contribution in [1.29, 1.82) is 0 Å². The minimum absolute atomic E-state index is 0.369. The molecule has 3 aliphatic rings. The van der Waals surface area contributed by atoms with Crippen molar-refractivity contribution in [3.63, 3.8) is 0 Å². The topological polar surface area (TPSA) is 33.1 Å². The van der Waals surface area contributed by atoms with E-state index in [1.807, 2.05) is 30.5 Å². The third-order valence-electron chi connectivity index (χ3n) is 5.98. The van der Waals surface area contributed by atoms with Crippen LogP contribution in [0.2, 0.25) is 0 Å². The van der Waals surface area contributed by atoms with E-state index in [1.165, 1.54) is 19.3 Å². The number of hydrogen-bond acceptors (Lipinski definition) is 2. The van der Waals surface area contributed by atoms with E-state index in [4.69, 9.17) is 0 Å². The Labute approximate surface area is 131 Å². The molecule has 22 heavy (non-hydrogen) atoms. The van der Waals surface area contributed by atoms with Crippen molar-refractivity contribution in [2.45, 2.75) is 31.8 Å². The number of nitrogens with zero attached hydrogens (tertiary/aromatic N) is 1. The van der Waals surface area contributed by atoms with E-state index in [9.17, 15) is 5.11 Å². The van der Waals surface area contributed by atoms with Crippen LogP contribution in [0.5, 0.6) is 0 Å². The molecule has 0 aliphatic heterocycles. The number of hydrogen-bond donors (Lipinski definition) is 1. The predicted molar refractivity (Wildman–Crippen MR) is 89.3 cm³/mol. The van der Waals surface area contributed by atoms with Gasteiger partial charge < -0.3 is 5.11 Å². The molecule has 1 aromatic heterocycles. The molecule has 3 saturated carbocycles. The van der Waals surface area contributed by atoms with Gasteiger partial charge in [-0.25, -0.2) is 0 Å². The quantitative estimate of drug-likeness (QED) is 0.845. The highest BCUT2D eigenvalue weighted by atomic mass is 16.3. The summed E-state index contributed by atoms with van der Waals surface area (Å²) in [7, 11) is 0. The molecular weight excluding hydrogens is 270 g/mol. The highest BCUT2D eigenvalue weighted by Crippen LogP contribution is 2.52. The Kier molecular flexibility index (Phi) is 3.50. The molecule has 1 N–H and O–H groups in total. The number of rotatable bonds is 3. The Morgan fingerprint density at radius 1 is 1.14 bits per heavy atom. The first-order valence-corrected chi connectivity index (χ1v) is 8.42. The molecule has 0 saturated heterocycles. The molecule has 0 radical (unpaired) electrons. The Morgan fingerprint density at radius 2 is 1.95 bits per heavy atom. The first kappa shape index (κ1) is 14.0. The highest BCUT2D eigenvalue weighted by molar-refractivity contribution is 5.82. The summed E-state index contributed by atoms with van der Waals surface area (Å²) >= 11 is 0. The molecule has 2 heteroatoms. The molecule has 0 unspecified atom stereocenters. The summed E-state index contributed by atoms with van der Waals surface area (Å²) in [5, 5.41) is 12.2. The highest BCUT2D eigenvalue weighted by Gasteiger charge is 2.43. The van der Waals surface area contributed by atoms with Crippen LogP contribution in [-0.2, 0) is 0 Å². The van der Waals surface area contributed by atoms with Gasteiger partial charge >= 0.3 is 0 Å². The maximum Gasteiger partial charge on any atom is 0.0828 e. The van der Waals surface area contributed by atoms with Crippen molar-refractivity contribution in [3.8, 4) is 0 Å². The summed E-state index contributed by atoms with van der Waals surface area (Å²) < 4.78 is 0. The fraction of sp³-hybridized carbons (Fsp3) is 0.450. The van der Waals surface area contributed by atoms with E-state index in [-0.39, 0.29) is 6.10 Å². The lowest BCUT2D eigenvalue weighted by molar-refractivity contribution is -0.0217. The molecular formula is C20H23NO. The van der Waals surface area contributed by atoms with Gasteiger partial charge in [-0.3, -0.25) is 4.98 Å². The first-order valence-electron chi connectivity index (χ1n) is 8.42. The molecule has 3 fully saturated rings. The second-order valence-electron chi connectivity index (χ2n) is 6.99. The summed E-state index contributed by atoms with van der Waals surface area (Å²) in [5.41, 5.74) is 2.03. The summed E-state index contributed by atoms with van der Waals surface area (Å²) in [6, 6.07) is 10.1. The van der Waals surface area contributed by atoms with Gasteiger partial charge in [0.2, 0.25) is 0 Å². The molecule has 0 amide bonds. The largest absolute Gasteiger partial charge is 0.388 e. The van der Waals surface area contributed by atoms with Crippen molar-refractivity contribution in [2.75, 3.05) is 0 Å². The number of aliphatic hydroxyl groups excluding tert-OH is 1. The van der Waals surface area contributed by atoms with Crippen molar-refractivity contribution < 1.29 is 5.11 Å². The minimum Gasteiger partial charge on any atom is -0.388 e. The second-order valence-corrected chi connectivity index (χ2v) is 6.99. The lowest BCUT2D eigenvalue weighted by Gasteiger charge is -2.48. The van der Waals surface area contributed by atoms with Crippen LogP contribution in [0.1, 0.15) is 37.4 Å². The molecule has 5 atom stereocenters. The van der Waals surface area contributed by atoms with Crippen LogP contribution in [0.3, 0.4) is 0 Å². The minimum atomic E-state index is -0.369. The second kappa shape index (κ2) is 5.51. The lowest BCUT2D eigenvalue weighted by Crippen LogP contribution is -2.39. The number of fused-ring (bicyclic) bond motifs is 4. The van der Waals surface area contributed by atoms with Gasteiger partial charge in [0.1, 0.15) is 0 Å². The molecule has 2 aromatic rings. The molecule has 1 aromatic carbocycles. The van der Waals surface area contributed by atoms with Crippen LogP contribution in [0.4, 0.5) is 0 Å². The average molecular weight is 293 g/mol. The molecule has 3 aliphatic carbocycles. The maximum atomic E-state index is 11.1. The average Bonchev–Trinajstić information content (AvgIpc) is 2.60. The Morgan fingerprint density at radius 3 is 2.73 bits per heavy atom. The molecule has 5 rings (SSSR count). The predicted octanol–water partition coefficient (Wildman–Crippen LogP) is 4.51. The Bertz CT molecular complexity index is 690. The summed E-state index contributed by atoms with van der Waals surface area (Å²) in [4.78, 5) is 4.42. The van der Waals surface area contributed by atoms with Crippen LogP contribution in [0, 0.1) is 23.7 Å². The van der Waals surface area contributed by atoms with Gasteiger partial charge in [0, 0.05) is 11.6 Å². The van der Waals surface area contributed by atoms with Crippen molar-refractivity contribution in [2.24, 2.45) is 23.7 Å². The van der Waals surface area contributed by atoms with Gasteiger partial charge in [-0.15, -0.1) is 6.58 Å². The third kappa shape index (κ3) is 2.17. The van der Waals surface area contributed by atoms with Crippen LogP contribution in [-0.4, -0.2) is 10.1 Å². The number of aromatic nitrogens is 1. The van der Waals surface area contributed by atoms with E-state index >= 15 is 0 Å². The number of para-hydroxylation sites is 1. The standard InChI is InChI=1S/C20H23NO/c1-2-13-11-15-8-7-14(13)12-18(15)20(22)17-9-10-21-19-6-4-3-5-16(17)19/h2-6,9-10,13-15,18,20,22H,1,7-8,11-12H2/t13-,14+,15-,18-,20-/m1/s1. The lowest BCUT2D eigenvalue weighted by atomic mass is 9.58. The Hall–Kier alpha value is -1.67. The SMILES string of the molecule is C=C[C@@H]1C[C@H]2CC[C@H]1C[C@H]2[C@H](O)c1ccnc2ccccc12. The smallest absolute Gasteiger partial charge is 0.0828 e. The number of aliphatic hydroxyl groups is 1. The molecule has 2 bridgehead atoms. The van der Waals surface area contributed by atoms with Crippen molar-refractivity contribution >= 4 is 10.9 Å². The first-order chi connectivity index (χ1) is 10.8. The van der Waals surface area contributed by atoms with E-state index in [0.717, 1.165) is 28.8 Å². The van der Waals surface area contributed by atoms with Crippen LogP contribution in [0.15, 0.2) is 49.2 Å². The fourth-order valence-corrected chi connectivity index (χ4v) is 4.81. The van der Waals surface area contributed by atoms with Crippen molar-refractivity contribution in [1.82, 2.24) is 4.98 Å². The van der Waals surface area contributed by atoms with Crippen molar-refractivity contribution in [3.05, 3.63) is 54.7 Å². The maximum absolute atomic E-state index is 11.1.